The van der Waals surface area contributed by atoms with Crippen LogP contribution in [-0.2, 0) is 0 Å². The lowest BCUT2D eigenvalue weighted by Gasteiger charge is -2.28. The monoisotopic (exact) mass is 282 g/mol. The predicted octanol–water partition coefficient (Wildman–Crippen LogP) is 3.49. The second kappa shape index (κ2) is 7.14. The van der Waals surface area contributed by atoms with Crippen molar-refractivity contribution < 1.29 is 8.78 Å². The first kappa shape index (κ1) is 15.4. The van der Waals surface area contributed by atoms with E-state index in [0.29, 0.717) is 11.6 Å². The Kier molecular flexibility index (Phi) is 5.49. The second-order valence-electron chi connectivity index (χ2n) is 5.64. The molecular formula is C16H24F2N2. The molecule has 2 atom stereocenters. The summed E-state index contributed by atoms with van der Waals surface area (Å²) in [6.45, 7) is 6.86. The SMILES string of the molecule is CCCNC(CN1CCCC1C)c1cccc(F)c1F. The van der Waals surface area contributed by atoms with Crippen LogP contribution in [-0.4, -0.2) is 30.6 Å². The van der Waals surface area contributed by atoms with Crippen molar-refractivity contribution >= 4 is 0 Å². The number of nitrogens with zero attached hydrogens (tertiary/aromatic N) is 1. The molecule has 1 aliphatic rings. The van der Waals surface area contributed by atoms with Gasteiger partial charge < -0.3 is 5.32 Å². The highest BCUT2D eigenvalue weighted by Crippen LogP contribution is 2.24. The van der Waals surface area contributed by atoms with Gasteiger partial charge in [0.15, 0.2) is 11.6 Å². The van der Waals surface area contributed by atoms with Gasteiger partial charge in [0.05, 0.1) is 0 Å². The van der Waals surface area contributed by atoms with Gasteiger partial charge in [-0.3, -0.25) is 4.90 Å². The summed E-state index contributed by atoms with van der Waals surface area (Å²) in [7, 11) is 0. The van der Waals surface area contributed by atoms with E-state index in [1.54, 1.807) is 12.1 Å². The van der Waals surface area contributed by atoms with Crippen LogP contribution in [0.15, 0.2) is 18.2 Å². The van der Waals surface area contributed by atoms with Crippen LogP contribution in [0.4, 0.5) is 8.78 Å². The van der Waals surface area contributed by atoms with Crippen LogP contribution in [0.3, 0.4) is 0 Å². The highest BCUT2D eigenvalue weighted by Gasteiger charge is 2.25. The molecule has 112 valence electrons. The lowest BCUT2D eigenvalue weighted by Crippen LogP contribution is -2.37. The summed E-state index contributed by atoms with van der Waals surface area (Å²) in [5.74, 6) is -1.48. The number of hydrogen-bond acceptors (Lipinski definition) is 2. The molecule has 1 N–H and O–H groups in total. The van der Waals surface area contributed by atoms with E-state index in [0.717, 1.165) is 26.1 Å². The zero-order valence-corrected chi connectivity index (χ0v) is 12.3. The molecular weight excluding hydrogens is 258 g/mol. The van der Waals surface area contributed by atoms with Crippen molar-refractivity contribution in [2.24, 2.45) is 0 Å². The molecule has 2 nitrogen and oxygen atoms in total. The first-order chi connectivity index (χ1) is 9.63. The normalized spacial score (nSPS) is 21.3. The van der Waals surface area contributed by atoms with Crippen LogP contribution >= 0.6 is 0 Å². The van der Waals surface area contributed by atoms with Crippen LogP contribution < -0.4 is 5.32 Å². The van der Waals surface area contributed by atoms with E-state index in [1.165, 1.54) is 18.9 Å². The fraction of sp³-hybridized carbons (Fsp3) is 0.625. The van der Waals surface area contributed by atoms with E-state index >= 15 is 0 Å². The van der Waals surface area contributed by atoms with Crippen LogP contribution in [0, 0.1) is 11.6 Å². The summed E-state index contributed by atoms with van der Waals surface area (Å²) >= 11 is 0. The molecule has 4 heteroatoms. The molecule has 0 aliphatic carbocycles. The Labute approximate surface area is 120 Å². The van der Waals surface area contributed by atoms with Gasteiger partial charge in [-0.25, -0.2) is 8.78 Å². The molecule has 0 amide bonds. The van der Waals surface area contributed by atoms with Gasteiger partial charge in [0.2, 0.25) is 0 Å². The average Bonchev–Trinajstić information content (AvgIpc) is 2.83. The first-order valence-electron chi connectivity index (χ1n) is 7.54. The molecule has 20 heavy (non-hydrogen) atoms. The topological polar surface area (TPSA) is 15.3 Å². The summed E-state index contributed by atoms with van der Waals surface area (Å²) in [5, 5.41) is 3.35. The van der Waals surface area contributed by atoms with Crippen molar-refractivity contribution in [3.8, 4) is 0 Å². The summed E-state index contributed by atoms with van der Waals surface area (Å²) in [4.78, 5) is 2.36. The largest absolute Gasteiger partial charge is 0.309 e. The summed E-state index contributed by atoms with van der Waals surface area (Å²) in [6.07, 6.45) is 3.35. The second-order valence-corrected chi connectivity index (χ2v) is 5.64. The summed E-state index contributed by atoms with van der Waals surface area (Å²) in [5.41, 5.74) is 0.442. The van der Waals surface area contributed by atoms with Gasteiger partial charge in [-0.05, 0) is 45.3 Å². The average molecular weight is 282 g/mol. The van der Waals surface area contributed by atoms with Crippen LogP contribution in [0.2, 0.25) is 0 Å². The highest BCUT2D eigenvalue weighted by atomic mass is 19.2. The lowest BCUT2D eigenvalue weighted by molar-refractivity contribution is 0.234. The lowest BCUT2D eigenvalue weighted by atomic mass is 10.0. The molecule has 2 unspecified atom stereocenters. The van der Waals surface area contributed by atoms with Crippen LogP contribution in [0.1, 0.15) is 44.7 Å². The van der Waals surface area contributed by atoms with Gasteiger partial charge in [0.1, 0.15) is 0 Å². The number of likely N-dealkylation sites (tertiary alicyclic amines) is 1. The van der Waals surface area contributed by atoms with E-state index in [9.17, 15) is 8.78 Å². The number of benzene rings is 1. The van der Waals surface area contributed by atoms with Gasteiger partial charge in [0, 0.05) is 24.2 Å². The predicted molar refractivity (Wildman–Crippen MR) is 77.7 cm³/mol. The van der Waals surface area contributed by atoms with E-state index in [1.807, 2.05) is 0 Å². The van der Waals surface area contributed by atoms with Gasteiger partial charge in [-0.1, -0.05) is 19.1 Å². The van der Waals surface area contributed by atoms with Gasteiger partial charge in [-0.2, -0.15) is 0 Å². The van der Waals surface area contributed by atoms with E-state index in [4.69, 9.17) is 0 Å². The van der Waals surface area contributed by atoms with Crippen molar-refractivity contribution in [2.45, 2.75) is 45.2 Å². The molecule has 1 aromatic carbocycles. The highest BCUT2D eigenvalue weighted by molar-refractivity contribution is 5.23. The number of rotatable bonds is 6. The molecule has 0 radical (unpaired) electrons. The smallest absolute Gasteiger partial charge is 0.163 e. The molecule has 1 aromatic rings. The minimum Gasteiger partial charge on any atom is -0.309 e. The first-order valence-corrected chi connectivity index (χ1v) is 7.54. The Balaban J connectivity index is 2.15. The zero-order chi connectivity index (χ0) is 14.5. The molecule has 1 fully saturated rings. The minimum atomic E-state index is -0.764. The van der Waals surface area contributed by atoms with Gasteiger partial charge in [0.25, 0.3) is 0 Å². The van der Waals surface area contributed by atoms with Gasteiger partial charge >= 0.3 is 0 Å². The molecule has 0 saturated carbocycles. The Morgan fingerprint density at radius 3 is 2.85 bits per heavy atom. The fourth-order valence-electron chi connectivity index (χ4n) is 2.88. The van der Waals surface area contributed by atoms with Crippen molar-refractivity contribution in [1.29, 1.82) is 0 Å². The quantitative estimate of drug-likeness (QED) is 0.859. The third-order valence-corrected chi connectivity index (χ3v) is 4.11. The molecule has 0 spiro atoms. The van der Waals surface area contributed by atoms with Crippen molar-refractivity contribution in [2.75, 3.05) is 19.6 Å². The van der Waals surface area contributed by atoms with Crippen molar-refractivity contribution in [3.63, 3.8) is 0 Å². The van der Waals surface area contributed by atoms with Crippen molar-refractivity contribution in [1.82, 2.24) is 10.2 Å². The van der Waals surface area contributed by atoms with E-state index < -0.39 is 11.6 Å². The zero-order valence-electron chi connectivity index (χ0n) is 12.3. The third kappa shape index (κ3) is 3.55. The van der Waals surface area contributed by atoms with Crippen LogP contribution in [0.25, 0.3) is 0 Å². The molecule has 1 heterocycles. The Morgan fingerprint density at radius 2 is 2.20 bits per heavy atom. The Bertz CT molecular complexity index is 436. The maximum atomic E-state index is 14.0. The number of nitrogens with one attached hydrogen (secondary N) is 1. The van der Waals surface area contributed by atoms with Crippen molar-refractivity contribution in [3.05, 3.63) is 35.4 Å². The van der Waals surface area contributed by atoms with Crippen LogP contribution in [0.5, 0.6) is 0 Å². The molecule has 1 saturated heterocycles. The Morgan fingerprint density at radius 1 is 1.40 bits per heavy atom. The maximum absolute atomic E-state index is 14.0. The van der Waals surface area contributed by atoms with E-state index in [2.05, 4.69) is 24.1 Å². The standard InChI is InChI=1S/C16H24F2N2/c1-3-9-19-15(11-20-10-5-6-12(20)2)13-7-4-8-14(17)16(13)18/h4,7-8,12,15,19H,3,5-6,9-11H2,1-2H3. The Hall–Kier alpha value is -1.00. The number of hydrogen-bond donors (Lipinski definition) is 1. The molecule has 0 aromatic heterocycles. The maximum Gasteiger partial charge on any atom is 0.163 e. The summed E-state index contributed by atoms with van der Waals surface area (Å²) in [6, 6.07) is 4.83. The van der Waals surface area contributed by atoms with E-state index in [-0.39, 0.29) is 6.04 Å². The molecule has 0 bridgehead atoms. The van der Waals surface area contributed by atoms with Gasteiger partial charge in [-0.15, -0.1) is 0 Å². The third-order valence-electron chi connectivity index (χ3n) is 4.11. The number of halogens is 2. The fourth-order valence-corrected chi connectivity index (χ4v) is 2.88. The molecule has 1 aliphatic heterocycles. The molecule has 2 rings (SSSR count). The summed E-state index contributed by atoms with van der Waals surface area (Å²) < 4.78 is 27.5. The minimum absolute atomic E-state index is 0.147.